The van der Waals surface area contributed by atoms with E-state index in [1.165, 1.54) is 65.5 Å². The molecule has 0 N–H and O–H groups in total. The van der Waals surface area contributed by atoms with Gasteiger partial charge in [0.15, 0.2) is 0 Å². The van der Waals surface area contributed by atoms with Crippen molar-refractivity contribution >= 4 is 27.5 Å². The lowest BCUT2D eigenvalue weighted by atomic mass is 9.43. The number of benzene rings is 4. The summed E-state index contributed by atoms with van der Waals surface area (Å²) in [4.78, 5) is 0. The third-order valence-corrected chi connectivity index (χ3v) is 10.9. The van der Waals surface area contributed by atoms with Crippen LogP contribution in [0.5, 0.6) is 0 Å². The summed E-state index contributed by atoms with van der Waals surface area (Å²) in [7, 11) is 0. The third kappa shape index (κ3) is 2.93. The molecule has 4 fully saturated rings. The third-order valence-electron chi connectivity index (χ3n) is 10.0. The van der Waals surface area contributed by atoms with Crippen LogP contribution in [0.25, 0.3) is 33.4 Å². The summed E-state index contributed by atoms with van der Waals surface area (Å²) in [5.41, 5.74) is 11.0. The molecule has 0 radical (unpaired) electrons. The first kappa shape index (κ1) is 21.7. The molecule has 0 nitrogen and oxygen atoms in total. The van der Waals surface area contributed by atoms with Crippen molar-refractivity contribution in [3.05, 3.63) is 106 Å². The standard InChI is InChI=1S/C34H28BrCl/c35-27-11-9-23(10-12-27)22-5-7-24(8-6-22)29-18-32-30(19-33(29)36)28-3-1-2-4-31(28)34(32)25-14-20-13-21(16-25)17-26(34)15-20/h1-12,18-21,25-26H,13-17H2. The highest BCUT2D eigenvalue weighted by Crippen LogP contribution is 2.69. The highest BCUT2D eigenvalue weighted by molar-refractivity contribution is 9.10. The zero-order chi connectivity index (χ0) is 24.0. The van der Waals surface area contributed by atoms with Crippen LogP contribution in [0.15, 0.2) is 89.4 Å². The molecule has 0 atom stereocenters. The second-order valence-electron chi connectivity index (χ2n) is 11.7. The van der Waals surface area contributed by atoms with Gasteiger partial charge in [-0.15, -0.1) is 0 Å². The normalized spacial score (nSPS) is 28.9. The molecule has 0 unspecified atom stereocenters. The Bertz CT molecular complexity index is 1470. The molecular formula is C34H28BrCl. The van der Waals surface area contributed by atoms with Crippen LogP contribution in [0, 0.1) is 23.7 Å². The molecule has 4 bridgehead atoms. The highest BCUT2D eigenvalue weighted by atomic mass is 79.9. The zero-order valence-corrected chi connectivity index (χ0v) is 22.5. The summed E-state index contributed by atoms with van der Waals surface area (Å²) >= 11 is 10.6. The van der Waals surface area contributed by atoms with E-state index in [1.807, 2.05) is 0 Å². The van der Waals surface area contributed by atoms with Gasteiger partial charge in [0.05, 0.1) is 0 Å². The Labute approximate surface area is 226 Å². The van der Waals surface area contributed by atoms with Crippen molar-refractivity contribution in [1.82, 2.24) is 0 Å². The Morgan fingerprint density at radius 2 is 1.17 bits per heavy atom. The van der Waals surface area contributed by atoms with Crippen LogP contribution >= 0.6 is 27.5 Å². The first-order chi connectivity index (χ1) is 17.6. The second kappa shape index (κ2) is 7.83. The predicted molar refractivity (Wildman–Crippen MR) is 153 cm³/mol. The van der Waals surface area contributed by atoms with Gasteiger partial charge in [-0.3, -0.25) is 0 Å². The molecule has 5 aliphatic rings. The molecule has 4 aromatic carbocycles. The average molecular weight is 552 g/mol. The fourth-order valence-electron chi connectivity index (χ4n) is 8.88. The van der Waals surface area contributed by atoms with E-state index < -0.39 is 0 Å². The minimum absolute atomic E-state index is 0.177. The summed E-state index contributed by atoms with van der Waals surface area (Å²) in [5, 5.41) is 0.862. The molecule has 2 heteroatoms. The van der Waals surface area contributed by atoms with Crippen molar-refractivity contribution in [2.75, 3.05) is 0 Å². The number of halogens is 2. The van der Waals surface area contributed by atoms with E-state index in [-0.39, 0.29) is 5.41 Å². The molecule has 0 amide bonds. The Kier molecular flexibility index (Phi) is 4.72. The maximum absolute atomic E-state index is 7.06. The van der Waals surface area contributed by atoms with Gasteiger partial charge in [0, 0.05) is 20.5 Å². The van der Waals surface area contributed by atoms with Crippen LogP contribution in [0.1, 0.15) is 43.2 Å². The lowest BCUT2D eigenvalue weighted by Gasteiger charge is -2.61. The van der Waals surface area contributed by atoms with Crippen LogP contribution in [0.4, 0.5) is 0 Å². The van der Waals surface area contributed by atoms with Crippen molar-refractivity contribution in [3.8, 4) is 33.4 Å². The lowest BCUT2D eigenvalue weighted by molar-refractivity contribution is -0.0399. The molecule has 4 saturated carbocycles. The zero-order valence-electron chi connectivity index (χ0n) is 20.2. The minimum Gasteiger partial charge on any atom is -0.0836 e. The van der Waals surface area contributed by atoms with Gasteiger partial charge in [-0.05, 0) is 119 Å². The SMILES string of the molecule is Clc1cc2c(cc1-c1ccc(-c3ccc(Br)cc3)cc1)C1(c3ccccc3-2)C2CC3CC(C2)CC1C3. The molecule has 0 aliphatic heterocycles. The average Bonchev–Trinajstić information content (AvgIpc) is 3.17. The Balaban J connectivity index is 1.28. The van der Waals surface area contributed by atoms with Gasteiger partial charge in [-0.25, -0.2) is 0 Å². The fraction of sp³-hybridized carbons (Fsp3) is 0.294. The number of hydrogen-bond acceptors (Lipinski definition) is 0. The van der Waals surface area contributed by atoms with Crippen LogP contribution in [0.3, 0.4) is 0 Å². The lowest BCUT2D eigenvalue weighted by Crippen LogP contribution is -2.55. The Hall–Kier alpha value is -2.35. The van der Waals surface area contributed by atoms with E-state index in [0.29, 0.717) is 0 Å². The van der Waals surface area contributed by atoms with Gasteiger partial charge in [0.1, 0.15) is 0 Å². The predicted octanol–water partition coefficient (Wildman–Crippen LogP) is 10.2. The van der Waals surface area contributed by atoms with E-state index in [1.54, 1.807) is 11.1 Å². The second-order valence-corrected chi connectivity index (χ2v) is 13.0. The topological polar surface area (TPSA) is 0 Å². The van der Waals surface area contributed by atoms with Crippen molar-refractivity contribution in [3.63, 3.8) is 0 Å². The summed E-state index contributed by atoms with van der Waals surface area (Å²) in [6, 6.07) is 31.5. The van der Waals surface area contributed by atoms with Crippen LogP contribution in [-0.4, -0.2) is 0 Å². The van der Waals surface area contributed by atoms with Gasteiger partial charge < -0.3 is 0 Å². The van der Waals surface area contributed by atoms with E-state index in [0.717, 1.165) is 33.2 Å². The van der Waals surface area contributed by atoms with Gasteiger partial charge in [0.25, 0.3) is 0 Å². The first-order valence-corrected chi connectivity index (χ1v) is 14.6. The van der Waals surface area contributed by atoms with E-state index in [2.05, 4.69) is 101 Å². The molecule has 0 aromatic heterocycles. The largest absolute Gasteiger partial charge is 0.0836 e. The van der Waals surface area contributed by atoms with Crippen molar-refractivity contribution in [2.45, 2.75) is 37.5 Å². The molecule has 0 heterocycles. The smallest absolute Gasteiger partial charge is 0.0490 e. The summed E-state index contributed by atoms with van der Waals surface area (Å²) < 4.78 is 1.10. The maximum Gasteiger partial charge on any atom is 0.0490 e. The molecule has 5 aliphatic carbocycles. The number of fused-ring (bicyclic) bond motifs is 3. The fourth-order valence-corrected chi connectivity index (χ4v) is 9.41. The monoisotopic (exact) mass is 550 g/mol. The molecule has 36 heavy (non-hydrogen) atoms. The van der Waals surface area contributed by atoms with E-state index in [4.69, 9.17) is 11.6 Å². The van der Waals surface area contributed by atoms with Crippen LogP contribution < -0.4 is 0 Å². The van der Waals surface area contributed by atoms with Gasteiger partial charge in [-0.1, -0.05) is 88.2 Å². The van der Waals surface area contributed by atoms with Crippen molar-refractivity contribution in [2.24, 2.45) is 23.7 Å². The summed E-state index contributed by atoms with van der Waals surface area (Å²) in [5.74, 6) is 3.44. The van der Waals surface area contributed by atoms with E-state index >= 15 is 0 Å². The Morgan fingerprint density at radius 3 is 1.83 bits per heavy atom. The summed E-state index contributed by atoms with van der Waals surface area (Å²) in [6.45, 7) is 0. The number of hydrogen-bond donors (Lipinski definition) is 0. The molecule has 4 aromatic rings. The quantitative estimate of drug-likeness (QED) is 0.232. The van der Waals surface area contributed by atoms with Gasteiger partial charge >= 0.3 is 0 Å². The van der Waals surface area contributed by atoms with Crippen LogP contribution in [0.2, 0.25) is 5.02 Å². The number of rotatable bonds is 2. The molecule has 0 saturated heterocycles. The summed E-state index contributed by atoms with van der Waals surface area (Å²) in [6.07, 6.45) is 7.09. The molecule has 178 valence electrons. The Morgan fingerprint density at radius 1 is 0.583 bits per heavy atom. The van der Waals surface area contributed by atoms with Crippen molar-refractivity contribution in [1.29, 1.82) is 0 Å². The van der Waals surface area contributed by atoms with Gasteiger partial charge in [-0.2, -0.15) is 0 Å². The van der Waals surface area contributed by atoms with Crippen LogP contribution in [-0.2, 0) is 5.41 Å². The van der Waals surface area contributed by atoms with E-state index in [9.17, 15) is 0 Å². The maximum atomic E-state index is 7.06. The van der Waals surface area contributed by atoms with Gasteiger partial charge in [0.2, 0.25) is 0 Å². The molecular weight excluding hydrogens is 524 g/mol. The minimum atomic E-state index is 0.177. The molecule has 9 rings (SSSR count). The highest BCUT2D eigenvalue weighted by Gasteiger charge is 2.61. The first-order valence-electron chi connectivity index (χ1n) is 13.4. The molecule has 1 spiro atoms. The van der Waals surface area contributed by atoms with Crippen molar-refractivity contribution < 1.29 is 0 Å².